The molecule has 0 radical (unpaired) electrons. The minimum absolute atomic E-state index is 0.0106. The van der Waals surface area contributed by atoms with Gasteiger partial charge in [0.25, 0.3) is 0 Å². The fraction of sp³-hybridized carbons (Fsp3) is 0.308. The van der Waals surface area contributed by atoms with Gasteiger partial charge in [0.1, 0.15) is 0 Å². The molecule has 4 nitrogen and oxygen atoms in total. The highest BCUT2D eigenvalue weighted by molar-refractivity contribution is 5.37. The van der Waals surface area contributed by atoms with E-state index >= 15 is 0 Å². The quantitative estimate of drug-likeness (QED) is 0.622. The summed E-state index contributed by atoms with van der Waals surface area (Å²) in [5.74, 6) is 5.68. The largest absolute Gasteiger partial charge is 0.275 e. The Balaban J connectivity index is 2.45. The highest BCUT2D eigenvalue weighted by Crippen LogP contribution is 2.24. The van der Waals surface area contributed by atoms with Gasteiger partial charge in [-0.2, -0.15) is 5.10 Å². The molecular weight excluding hydrogens is 212 g/mol. The highest BCUT2D eigenvalue weighted by Gasteiger charge is 2.16. The van der Waals surface area contributed by atoms with Gasteiger partial charge in [0.2, 0.25) is 0 Å². The van der Waals surface area contributed by atoms with Gasteiger partial charge >= 0.3 is 0 Å². The molecule has 0 fully saturated rings. The average Bonchev–Trinajstić information content (AvgIpc) is 2.71. The number of rotatable bonds is 3. The highest BCUT2D eigenvalue weighted by atomic mass is 15.3. The average molecular weight is 230 g/mol. The van der Waals surface area contributed by atoms with E-state index in [2.05, 4.69) is 42.6 Å². The van der Waals surface area contributed by atoms with Crippen LogP contribution in [0.3, 0.4) is 0 Å². The van der Waals surface area contributed by atoms with Gasteiger partial charge in [0.15, 0.2) is 0 Å². The first-order valence-corrected chi connectivity index (χ1v) is 5.63. The Labute approximate surface area is 101 Å². The van der Waals surface area contributed by atoms with Crippen molar-refractivity contribution in [3.05, 3.63) is 52.8 Å². The lowest BCUT2D eigenvalue weighted by Crippen LogP contribution is -2.29. The Morgan fingerprint density at radius 1 is 1.35 bits per heavy atom. The first kappa shape index (κ1) is 11.8. The third kappa shape index (κ3) is 2.38. The Morgan fingerprint density at radius 2 is 2.12 bits per heavy atom. The molecule has 1 heterocycles. The van der Waals surface area contributed by atoms with Gasteiger partial charge < -0.3 is 0 Å². The summed E-state index contributed by atoms with van der Waals surface area (Å²) in [6, 6.07) is 6.37. The molecule has 4 heteroatoms. The standard InChI is InChI=1S/C13H18N4/c1-9-4-5-10(2)12(6-9)13(16-14)11-7-15-17(3)8-11/h4-8,13,16H,14H2,1-3H3. The number of nitrogens with one attached hydrogen (secondary N) is 1. The molecule has 0 aliphatic heterocycles. The molecule has 2 aromatic rings. The minimum atomic E-state index is -0.0106. The van der Waals surface area contributed by atoms with Gasteiger partial charge in [0, 0.05) is 18.8 Å². The molecule has 2 rings (SSSR count). The van der Waals surface area contributed by atoms with Crippen LogP contribution in [0.4, 0.5) is 0 Å². The van der Waals surface area contributed by atoms with E-state index in [0.29, 0.717) is 0 Å². The van der Waals surface area contributed by atoms with Crippen LogP contribution in [0.25, 0.3) is 0 Å². The summed E-state index contributed by atoms with van der Waals surface area (Å²) in [6.45, 7) is 4.18. The van der Waals surface area contributed by atoms with Crippen molar-refractivity contribution in [1.29, 1.82) is 0 Å². The molecule has 0 saturated carbocycles. The first-order valence-electron chi connectivity index (χ1n) is 5.63. The molecule has 17 heavy (non-hydrogen) atoms. The molecule has 1 aromatic heterocycles. The number of nitrogens with zero attached hydrogens (tertiary/aromatic N) is 2. The van der Waals surface area contributed by atoms with Gasteiger partial charge in [-0.25, -0.2) is 5.43 Å². The summed E-state index contributed by atoms with van der Waals surface area (Å²) in [7, 11) is 1.90. The lowest BCUT2D eigenvalue weighted by atomic mass is 9.96. The molecule has 1 aromatic carbocycles. The van der Waals surface area contributed by atoms with Crippen molar-refractivity contribution >= 4 is 0 Å². The number of hydrogen-bond acceptors (Lipinski definition) is 3. The third-order valence-corrected chi connectivity index (χ3v) is 2.97. The first-order chi connectivity index (χ1) is 8.11. The van der Waals surface area contributed by atoms with Crippen LogP contribution >= 0.6 is 0 Å². The molecule has 0 aliphatic carbocycles. The number of nitrogens with two attached hydrogens (primary N) is 1. The second-order valence-electron chi connectivity index (χ2n) is 4.41. The lowest BCUT2D eigenvalue weighted by molar-refractivity contribution is 0.632. The van der Waals surface area contributed by atoms with Gasteiger partial charge in [-0.1, -0.05) is 23.8 Å². The van der Waals surface area contributed by atoms with Crippen molar-refractivity contribution < 1.29 is 0 Å². The fourth-order valence-electron chi connectivity index (χ4n) is 2.03. The van der Waals surface area contributed by atoms with Gasteiger partial charge in [-0.15, -0.1) is 0 Å². The van der Waals surface area contributed by atoms with Gasteiger partial charge in [-0.05, 0) is 25.0 Å². The zero-order valence-corrected chi connectivity index (χ0v) is 10.4. The molecule has 0 bridgehead atoms. The predicted molar refractivity (Wildman–Crippen MR) is 68.3 cm³/mol. The van der Waals surface area contributed by atoms with E-state index in [9.17, 15) is 0 Å². The van der Waals surface area contributed by atoms with E-state index in [0.717, 1.165) is 5.56 Å². The zero-order chi connectivity index (χ0) is 12.4. The van der Waals surface area contributed by atoms with Gasteiger partial charge in [-0.3, -0.25) is 10.5 Å². The maximum Gasteiger partial charge on any atom is 0.0743 e. The second kappa shape index (κ2) is 4.69. The topological polar surface area (TPSA) is 55.9 Å². The van der Waals surface area contributed by atoms with Crippen LogP contribution in [-0.4, -0.2) is 9.78 Å². The molecule has 0 saturated heterocycles. The number of hydrazine groups is 1. The molecular formula is C13H18N4. The van der Waals surface area contributed by atoms with E-state index in [1.807, 2.05) is 19.4 Å². The SMILES string of the molecule is Cc1ccc(C)c(C(NN)c2cnn(C)c2)c1. The third-order valence-electron chi connectivity index (χ3n) is 2.97. The van der Waals surface area contributed by atoms with Crippen LogP contribution in [0, 0.1) is 13.8 Å². The minimum Gasteiger partial charge on any atom is -0.275 e. The molecule has 0 aliphatic rings. The molecule has 1 atom stereocenters. The summed E-state index contributed by atoms with van der Waals surface area (Å²) >= 11 is 0. The van der Waals surface area contributed by atoms with Crippen LogP contribution in [0.15, 0.2) is 30.6 Å². The van der Waals surface area contributed by atoms with E-state index < -0.39 is 0 Å². The monoisotopic (exact) mass is 230 g/mol. The number of hydrogen-bond donors (Lipinski definition) is 2. The Bertz CT molecular complexity index is 516. The number of aromatic nitrogens is 2. The van der Waals surface area contributed by atoms with E-state index in [4.69, 9.17) is 5.84 Å². The van der Waals surface area contributed by atoms with Crippen molar-refractivity contribution in [1.82, 2.24) is 15.2 Å². The summed E-state index contributed by atoms with van der Waals surface area (Å²) in [6.07, 6.45) is 3.82. The van der Waals surface area contributed by atoms with Crippen molar-refractivity contribution in [3.8, 4) is 0 Å². The molecule has 1 unspecified atom stereocenters. The Hall–Kier alpha value is -1.65. The summed E-state index contributed by atoms with van der Waals surface area (Å²) in [4.78, 5) is 0. The normalized spacial score (nSPS) is 12.7. The van der Waals surface area contributed by atoms with Crippen molar-refractivity contribution in [2.45, 2.75) is 19.9 Å². The van der Waals surface area contributed by atoms with Crippen LogP contribution in [0.5, 0.6) is 0 Å². The Kier molecular flexibility index (Phi) is 3.26. The van der Waals surface area contributed by atoms with Crippen LogP contribution in [-0.2, 0) is 7.05 Å². The van der Waals surface area contributed by atoms with E-state index in [1.54, 1.807) is 4.68 Å². The zero-order valence-electron chi connectivity index (χ0n) is 10.4. The molecule has 3 N–H and O–H groups in total. The number of aryl methyl sites for hydroxylation is 3. The summed E-state index contributed by atoms with van der Waals surface area (Å²) in [5, 5.41) is 4.18. The van der Waals surface area contributed by atoms with Crippen LogP contribution in [0.1, 0.15) is 28.3 Å². The van der Waals surface area contributed by atoms with Crippen molar-refractivity contribution in [3.63, 3.8) is 0 Å². The van der Waals surface area contributed by atoms with Gasteiger partial charge in [0.05, 0.1) is 12.2 Å². The van der Waals surface area contributed by atoms with E-state index in [1.165, 1.54) is 16.7 Å². The smallest absolute Gasteiger partial charge is 0.0743 e. The lowest BCUT2D eigenvalue weighted by Gasteiger charge is -2.17. The molecule has 90 valence electrons. The molecule has 0 spiro atoms. The molecule has 0 amide bonds. The van der Waals surface area contributed by atoms with Crippen molar-refractivity contribution in [2.24, 2.45) is 12.9 Å². The van der Waals surface area contributed by atoms with E-state index in [-0.39, 0.29) is 6.04 Å². The fourth-order valence-corrected chi connectivity index (χ4v) is 2.03. The number of benzene rings is 1. The second-order valence-corrected chi connectivity index (χ2v) is 4.41. The Morgan fingerprint density at radius 3 is 2.71 bits per heavy atom. The maximum atomic E-state index is 5.68. The van der Waals surface area contributed by atoms with Crippen LogP contribution < -0.4 is 11.3 Å². The summed E-state index contributed by atoms with van der Waals surface area (Å²) < 4.78 is 1.78. The summed E-state index contributed by atoms with van der Waals surface area (Å²) in [5.41, 5.74) is 7.59. The predicted octanol–water partition coefficient (Wildman–Crippen LogP) is 1.59. The maximum absolute atomic E-state index is 5.68. The van der Waals surface area contributed by atoms with Crippen LogP contribution in [0.2, 0.25) is 0 Å². The van der Waals surface area contributed by atoms with Crippen molar-refractivity contribution in [2.75, 3.05) is 0 Å².